The average Bonchev–Trinajstić information content (AvgIpc) is 2.91. The summed E-state index contributed by atoms with van der Waals surface area (Å²) in [6.07, 6.45) is 0. The number of nitrogens with one attached hydrogen (secondary N) is 2. The monoisotopic (exact) mass is 550 g/mol. The van der Waals surface area contributed by atoms with Gasteiger partial charge in [-0.3, -0.25) is 4.79 Å². The Morgan fingerprint density at radius 2 is 1.58 bits per heavy atom. The number of rotatable bonds is 10. The van der Waals surface area contributed by atoms with Crippen molar-refractivity contribution in [3.8, 4) is 0 Å². The Kier molecular flexibility index (Phi) is 12.1. The van der Waals surface area contributed by atoms with E-state index in [4.69, 9.17) is 24.5 Å². The fraction of sp³-hybridized carbons (Fsp3) is 0.400. The molecule has 1 saturated heterocycles. The van der Waals surface area contributed by atoms with Crippen LogP contribution in [0.4, 0.5) is 11.4 Å². The maximum Gasteiger partial charge on any atom is 0.414 e. The fourth-order valence-corrected chi connectivity index (χ4v) is 5.10. The summed E-state index contributed by atoms with van der Waals surface area (Å²) in [5, 5.41) is 20.8. The van der Waals surface area contributed by atoms with Crippen LogP contribution in [0.3, 0.4) is 0 Å². The van der Waals surface area contributed by atoms with E-state index in [0.717, 1.165) is 24.3 Å². The van der Waals surface area contributed by atoms with Crippen LogP contribution in [0.25, 0.3) is 0 Å². The molecule has 0 unspecified atom stereocenters. The first-order chi connectivity index (χ1) is 18.1. The minimum atomic E-state index is -3.66. The summed E-state index contributed by atoms with van der Waals surface area (Å²) in [4.78, 5) is 33.1. The van der Waals surface area contributed by atoms with Gasteiger partial charge in [0.2, 0.25) is 15.9 Å². The van der Waals surface area contributed by atoms with Gasteiger partial charge in [-0.25, -0.2) is 18.0 Å². The molecule has 2 aromatic rings. The Morgan fingerprint density at radius 3 is 2.13 bits per heavy atom. The van der Waals surface area contributed by atoms with Gasteiger partial charge in [0.25, 0.3) is 0 Å². The van der Waals surface area contributed by atoms with Gasteiger partial charge >= 0.3 is 11.9 Å². The molecule has 1 fully saturated rings. The highest BCUT2D eigenvalue weighted by Crippen LogP contribution is 2.30. The number of ether oxygens (including phenoxy) is 1. The molecule has 4 N–H and O–H groups in total. The molecule has 13 heteroatoms. The third-order valence-corrected chi connectivity index (χ3v) is 7.49. The third-order valence-electron chi connectivity index (χ3n) is 5.59. The lowest BCUT2D eigenvalue weighted by atomic mass is 10.2. The second kappa shape index (κ2) is 15.0. The predicted molar refractivity (Wildman–Crippen MR) is 142 cm³/mol. The van der Waals surface area contributed by atoms with Gasteiger partial charge in [0.05, 0.1) is 36.0 Å². The molecule has 0 aliphatic carbocycles. The van der Waals surface area contributed by atoms with E-state index in [2.05, 4.69) is 15.5 Å². The standard InChI is InChI=1S/C23H32N4O4S.C2H2O4/c1-3-26(4-2)22-11-10-20(32(29,30)27-12-14-31-15-13-27)16-21(22)25-23(28)18-24-17-19-8-6-5-7-9-19;3-1(4)2(5)6/h5-11,16,24H,3-4,12-15,17-18H2,1-2H3,(H,25,28);(H,3,4)(H,5,6). The molecule has 0 bridgehead atoms. The summed E-state index contributed by atoms with van der Waals surface area (Å²) >= 11 is 0. The van der Waals surface area contributed by atoms with Crippen molar-refractivity contribution in [2.75, 3.05) is 56.2 Å². The number of sulfonamides is 1. The summed E-state index contributed by atoms with van der Waals surface area (Å²) in [7, 11) is -3.66. The number of nitrogens with zero attached hydrogens (tertiary/aromatic N) is 2. The van der Waals surface area contributed by atoms with Crippen LogP contribution in [0, 0.1) is 0 Å². The number of carboxylic acid groups (broad SMARTS) is 2. The van der Waals surface area contributed by atoms with E-state index < -0.39 is 22.0 Å². The lowest BCUT2D eigenvalue weighted by Crippen LogP contribution is -2.40. The number of anilines is 2. The predicted octanol–water partition coefficient (Wildman–Crippen LogP) is 1.44. The van der Waals surface area contributed by atoms with Crippen molar-refractivity contribution in [3.63, 3.8) is 0 Å². The topological polar surface area (TPSA) is 166 Å². The van der Waals surface area contributed by atoms with Crippen LogP contribution in [-0.2, 0) is 35.7 Å². The van der Waals surface area contributed by atoms with Crippen LogP contribution in [-0.4, -0.2) is 86.7 Å². The molecule has 0 aromatic heterocycles. The quantitative estimate of drug-likeness (QED) is 0.318. The van der Waals surface area contributed by atoms with E-state index in [-0.39, 0.29) is 17.3 Å². The molecular weight excluding hydrogens is 516 g/mol. The van der Waals surface area contributed by atoms with E-state index >= 15 is 0 Å². The second-order valence-corrected chi connectivity index (χ2v) is 10.1. The summed E-state index contributed by atoms with van der Waals surface area (Å²) in [6.45, 7) is 7.62. The maximum absolute atomic E-state index is 13.1. The number of benzene rings is 2. The van der Waals surface area contributed by atoms with Crippen LogP contribution in [0.1, 0.15) is 19.4 Å². The van der Waals surface area contributed by atoms with Gasteiger partial charge in [0.1, 0.15) is 0 Å². The van der Waals surface area contributed by atoms with Gasteiger partial charge in [-0.15, -0.1) is 0 Å². The zero-order chi connectivity index (χ0) is 28.1. The summed E-state index contributed by atoms with van der Waals surface area (Å²) in [6, 6.07) is 14.8. The maximum atomic E-state index is 13.1. The van der Waals surface area contributed by atoms with Crippen molar-refractivity contribution in [1.82, 2.24) is 9.62 Å². The number of aliphatic carboxylic acids is 2. The molecule has 208 valence electrons. The zero-order valence-corrected chi connectivity index (χ0v) is 22.2. The molecule has 0 atom stereocenters. The molecular formula is C25H34N4O8S. The van der Waals surface area contributed by atoms with Gasteiger partial charge in [-0.2, -0.15) is 4.31 Å². The van der Waals surface area contributed by atoms with Crippen LogP contribution < -0.4 is 15.5 Å². The number of hydrogen-bond donors (Lipinski definition) is 4. The van der Waals surface area contributed by atoms with Crippen molar-refractivity contribution < 1.29 is 37.8 Å². The Balaban J connectivity index is 0.000000757. The Labute approximate surface area is 222 Å². The molecule has 1 aliphatic heterocycles. The minimum Gasteiger partial charge on any atom is -0.473 e. The number of amides is 1. The first kappa shape index (κ1) is 30.7. The molecule has 3 rings (SSSR count). The number of hydrogen-bond acceptors (Lipinski definition) is 8. The van der Waals surface area contributed by atoms with Crippen molar-refractivity contribution in [3.05, 3.63) is 54.1 Å². The highest BCUT2D eigenvalue weighted by Gasteiger charge is 2.27. The van der Waals surface area contributed by atoms with E-state index in [0.29, 0.717) is 38.5 Å². The lowest BCUT2D eigenvalue weighted by molar-refractivity contribution is -0.159. The third kappa shape index (κ3) is 9.10. The smallest absolute Gasteiger partial charge is 0.414 e. The molecule has 1 heterocycles. The lowest BCUT2D eigenvalue weighted by Gasteiger charge is -2.28. The Bertz CT molecular complexity index is 1170. The van der Waals surface area contributed by atoms with Crippen LogP contribution >= 0.6 is 0 Å². The molecule has 0 spiro atoms. The van der Waals surface area contributed by atoms with E-state index in [1.54, 1.807) is 18.2 Å². The van der Waals surface area contributed by atoms with Gasteiger partial charge in [-0.05, 0) is 37.6 Å². The van der Waals surface area contributed by atoms with Crippen molar-refractivity contribution in [2.45, 2.75) is 25.3 Å². The minimum absolute atomic E-state index is 0.118. The van der Waals surface area contributed by atoms with Gasteiger partial charge in [-0.1, -0.05) is 30.3 Å². The molecule has 1 amide bonds. The average molecular weight is 551 g/mol. The molecule has 1 aliphatic rings. The normalized spacial score (nSPS) is 13.6. The van der Waals surface area contributed by atoms with Crippen LogP contribution in [0.2, 0.25) is 0 Å². The highest BCUT2D eigenvalue weighted by atomic mass is 32.2. The summed E-state index contributed by atoms with van der Waals surface area (Å²) in [5.74, 6) is -3.87. The first-order valence-corrected chi connectivity index (χ1v) is 13.5. The number of carbonyl (C=O) groups is 3. The highest BCUT2D eigenvalue weighted by molar-refractivity contribution is 7.89. The number of carboxylic acids is 2. The van der Waals surface area contributed by atoms with Gasteiger partial charge in [0, 0.05) is 32.7 Å². The van der Waals surface area contributed by atoms with E-state index in [1.807, 2.05) is 44.2 Å². The van der Waals surface area contributed by atoms with Crippen LogP contribution in [0.15, 0.2) is 53.4 Å². The molecule has 38 heavy (non-hydrogen) atoms. The molecule has 2 aromatic carbocycles. The second-order valence-electron chi connectivity index (χ2n) is 8.12. The van der Waals surface area contributed by atoms with E-state index in [9.17, 15) is 13.2 Å². The van der Waals surface area contributed by atoms with Crippen molar-refractivity contribution in [2.24, 2.45) is 0 Å². The Morgan fingerprint density at radius 1 is 0.974 bits per heavy atom. The van der Waals surface area contributed by atoms with E-state index in [1.165, 1.54) is 4.31 Å². The number of morpholine rings is 1. The largest absolute Gasteiger partial charge is 0.473 e. The molecule has 12 nitrogen and oxygen atoms in total. The van der Waals surface area contributed by atoms with Crippen molar-refractivity contribution >= 4 is 39.2 Å². The van der Waals surface area contributed by atoms with Gasteiger partial charge < -0.3 is 30.5 Å². The molecule has 0 saturated carbocycles. The summed E-state index contributed by atoms with van der Waals surface area (Å²) in [5.41, 5.74) is 2.38. The van der Waals surface area contributed by atoms with Gasteiger partial charge in [0.15, 0.2) is 0 Å². The Hall–Kier alpha value is -3.52. The summed E-state index contributed by atoms with van der Waals surface area (Å²) < 4.78 is 32.9. The van der Waals surface area contributed by atoms with Crippen molar-refractivity contribution in [1.29, 1.82) is 0 Å². The molecule has 0 radical (unpaired) electrons. The zero-order valence-electron chi connectivity index (χ0n) is 21.4. The first-order valence-electron chi connectivity index (χ1n) is 12.1. The van der Waals surface area contributed by atoms with Crippen LogP contribution in [0.5, 0.6) is 0 Å². The number of carbonyl (C=O) groups excluding carboxylic acids is 1. The fourth-order valence-electron chi connectivity index (χ4n) is 3.66. The SMILES string of the molecule is CCN(CC)c1ccc(S(=O)(=O)N2CCOCC2)cc1NC(=O)CNCc1ccccc1.O=C(O)C(=O)O.